The highest BCUT2D eigenvalue weighted by atomic mass is 16.2. The van der Waals surface area contributed by atoms with Gasteiger partial charge in [-0.05, 0) is 75.9 Å². The maximum Gasteiger partial charge on any atom is 0.239 e. The zero-order chi connectivity index (χ0) is 20.1. The Balaban J connectivity index is 1.19. The second-order valence-electron chi connectivity index (χ2n) is 8.76. The van der Waals surface area contributed by atoms with E-state index in [2.05, 4.69) is 37.6 Å². The summed E-state index contributed by atoms with van der Waals surface area (Å²) in [6.07, 6.45) is 10.1. The Morgan fingerprint density at radius 2 is 1.79 bits per heavy atom. The van der Waals surface area contributed by atoms with E-state index >= 15 is 0 Å². The number of carbonyl (C=O) groups is 2. The van der Waals surface area contributed by atoms with Gasteiger partial charge in [0.1, 0.15) is 0 Å². The topological polar surface area (TPSA) is 77.6 Å². The number of pyridine rings is 1. The Labute approximate surface area is 173 Å². The van der Waals surface area contributed by atoms with Crippen molar-refractivity contribution in [3.05, 3.63) is 30.1 Å². The van der Waals surface area contributed by atoms with Gasteiger partial charge < -0.3 is 10.6 Å². The maximum atomic E-state index is 12.6. The molecule has 0 spiro atoms. The van der Waals surface area contributed by atoms with Gasteiger partial charge in [-0.2, -0.15) is 0 Å². The second-order valence-corrected chi connectivity index (χ2v) is 8.76. The van der Waals surface area contributed by atoms with E-state index in [-0.39, 0.29) is 24.3 Å². The van der Waals surface area contributed by atoms with E-state index < -0.39 is 0 Å². The first-order valence-electron chi connectivity index (χ1n) is 11.1. The third-order valence-electron chi connectivity index (χ3n) is 6.42. The number of rotatable bonds is 7. The summed E-state index contributed by atoms with van der Waals surface area (Å²) in [6, 6.07) is 5.09. The first-order valence-corrected chi connectivity index (χ1v) is 11.1. The number of aromatic nitrogens is 1. The highest BCUT2D eigenvalue weighted by Crippen LogP contribution is 2.24. The van der Waals surface area contributed by atoms with Crippen LogP contribution in [0.3, 0.4) is 0 Å². The highest BCUT2D eigenvalue weighted by molar-refractivity contribution is 5.86. The van der Waals surface area contributed by atoms with Crippen molar-refractivity contribution in [1.82, 2.24) is 25.4 Å². The Kier molecular flexibility index (Phi) is 6.77. The van der Waals surface area contributed by atoms with Crippen molar-refractivity contribution >= 4 is 11.8 Å². The lowest BCUT2D eigenvalue weighted by molar-refractivity contribution is -0.130. The number of hydrogen-bond acceptors (Lipinski definition) is 5. The molecule has 1 saturated carbocycles. The summed E-state index contributed by atoms with van der Waals surface area (Å²) in [5.41, 5.74) is 1.32. The molecule has 3 heterocycles. The Hall–Kier alpha value is -1.99. The van der Waals surface area contributed by atoms with Crippen molar-refractivity contribution in [1.29, 1.82) is 0 Å². The van der Waals surface area contributed by atoms with Crippen LogP contribution in [0.5, 0.6) is 0 Å². The molecule has 29 heavy (non-hydrogen) atoms. The van der Waals surface area contributed by atoms with E-state index in [4.69, 9.17) is 0 Å². The standard InChI is InChI=1S/C22H33N5O2/c28-21(25-19-3-4-19)14-24-22(29)18-2-1-11-27(16-18)20-7-12-26(13-8-20)15-17-5-9-23-10-6-17/h5-6,9-10,18-20H,1-4,7-8,11-16H2,(H,24,29)(H,25,28)/t18-/m0/s1. The predicted octanol–water partition coefficient (Wildman–Crippen LogP) is 1.15. The van der Waals surface area contributed by atoms with Crippen molar-refractivity contribution < 1.29 is 9.59 Å². The predicted molar refractivity (Wildman–Crippen MR) is 111 cm³/mol. The molecule has 4 rings (SSSR count). The van der Waals surface area contributed by atoms with Gasteiger partial charge in [0.2, 0.25) is 11.8 Å². The smallest absolute Gasteiger partial charge is 0.239 e. The number of nitrogens with one attached hydrogen (secondary N) is 2. The summed E-state index contributed by atoms with van der Waals surface area (Å²) in [6.45, 7) is 5.21. The van der Waals surface area contributed by atoms with Crippen LogP contribution < -0.4 is 10.6 Å². The lowest BCUT2D eigenvalue weighted by atomic mass is 9.93. The van der Waals surface area contributed by atoms with Gasteiger partial charge in [0.15, 0.2) is 0 Å². The molecule has 0 aromatic carbocycles. The van der Waals surface area contributed by atoms with Crippen LogP contribution in [0, 0.1) is 5.92 Å². The summed E-state index contributed by atoms with van der Waals surface area (Å²) in [7, 11) is 0. The van der Waals surface area contributed by atoms with E-state index in [1.165, 1.54) is 5.56 Å². The molecule has 1 aliphatic carbocycles. The zero-order valence-electron chi connectivity index (χ0n) is 17.2. The molecule has 3 aliphatic rings. The average molecular weight is 400 g/mol. The summed E-state index contributed by atoms with van der Waals surface area (Å²) < 4.78 is 0. The number of piperidine rings is 2. The molecule has 0 unspecified atom stereocenters. The molecule has 0 radical (unpaired) electrons. The third-order valence-corrected chi connectivity index (χ3v) is 6.42. The van der Waals surface area contributed by atoms with Gasteiger partial charge >= 0.3 is 0 Å². The number of carbonyl (C=O) groups excluding carboxylic acids is 2. The minimum absolute atomic E-state index is 0.00678. The molecule has 2 aliphatic heterocycles. The highest BCUT2D eigenvalue weighted by Gasteiger charge is 2.32. The van der Waals surface area contributed by atoms with Gasteiger partial charge in [0, 0.05) is 37.6 Å². The number of nitrogens with zero attached hydrogens (tertiary/aromatic N) is 3. The van der Waals surface area contributed by atoms with Gasteiger partial charge in [0.25, 0.3) is 0 Å². The Morgan fingerprint density at radius 1 is 1.03 bits per heavy atom. The van der Waals surface area contributed by atoms with Gasteiger partial charge in [-0.1, -0.05) is 0 Å². The quantitative estimate of drug-likeness (QED) is 0.719. The van der Waals surface area contributed by atoms with Crippen LogP contribution in [0.4, 0.5) is 0 Å². The van der Waals surface area contributed by atoms with Crippen LogP contribution in [0.25, 0.3) is 0 Å². The number of amides is 2. The fourth-order valence-corrected chi connectivity index (χ4v) is 4.56. The van der Waals surface area contributed by atoms with Crippen molar-refractivity contribution in [2.24, 2.45) is 5.92 Å². The average Bonchev–Trinajstić information content (AvgIpc) is 3.57. The monoisotopic (exact) mass is 399 g/mol. The SMILES string of the molecule is O=C(CNC(=O)[C@H]1CCCN(C2CCN(Cc3ccncc3)CC2)C1)NC1CC1. The maximum absolute atomic E-state index is 12.6. The van der Waals surface area contributed by atoms with Crippen LogP contribution >= 0.6 is 0 Å². The fraction of sp³-hybridized carbons (Fsp3) is 0.682. The van der Waals surface area contributed by atoms with Gasteiger partial charge in [0.05, 0.1) is 12.5 Å². The van der Waals surface area contributed by atoms with Crippen molar-refractivity contribution in [2.75, 3.05) is 32.7 Å². The van der Waals surface area contributed by atoms with E-state index in [1.807, 2.05) is 12.4 Å². The minimum Gasteiger partial charge on any atom is -0.352 e. The number of likely N-dealkylation sites (tertiary alicyclic amines) is 2. The van der Waals surface area contributed by atoms with Crippen LogP contribution in [0.1, 0.15) is 44.1 Å². The van der Waals surface area contributed by atoms with E-state index in [1.54, 1.807) is 0 Å². The lowest BCUT2D eigenvalue weighted by Gasteiger charge is -2.42. The summed E-state index contributed by atoms with van der Waals surface area (Å²) >= 11 is 0. The molecule has 2 saturated heterocycles. The summed E-state index contributed by atoms with van der Waals surface area (Å²) in [5.74, 6) is -0.0156. The molecule has 7 nitrogen and oxygen atoms in total. The molecule has 1 aromatic heterocycles. The van der Waals surface area contributed by atoms with Gasteiger partial charge in [-0.15, -0.1) is 0 Å². The van der Waals surface area contributed by atoms with Crippen molar-refractivity contribution in [2.45, 2.75) is 57.2 Å². The summed E-state index contributed by atoms with van der Waals surface area (Å²) in [4.78, 5) is 33.5. The third kappa shape index (κ3) is 6.00. The lowest BCUT2D eigenvalue weighted by Crippen LogP contribution is -2.51. The van der Waals surface area contributed by atoms with Crippen molar-refractivity contribution in [3.8, 4) is 0 Å². The molecule has 2 amide bonds. The normalized spacial score (nSPS) is 24.2. The summed E-state index contributed by atoms with van der Waals surface area (Å²) in [5, 5.41) is 5.77. The molecular weight excluding hydrogens is 366 g/mol. The first kappa shape index (κ1) is 20.3. The van der Waals surface area contributed by atoms with Crippen LogP contribution in [0.2, 0.25) is 0 Å². The second kappa shape index (κ2) is 9.67. The Morgan fingerprint density at radius 3 is 2.52 bits per heavy atom. The van der Waals surface area contributed by atoms with Crippen LogP contribution in [-0.4, -0.2) is 71.4 Å². The molecule has 1 atom stereocenters. The van der Waals surface area contributed by atoms with Crippen LogP contribution in [-0.2, 0) is 16.1 Å². The van der Waals surface area contributed by atoms with E-state index in [9.17, 15) is 9.59 Å². The molecule has 7 heteroatoms. The van der Waals surface area contributed by atoms with E-state index in [0.29, 0.717) is 12.1 Å². The van der Waals surface area contributed by atoms with Crippen LogP contribution in [0.15, 0.2) is 24.5 Å². The zero-order valence-corrected chi connectivity index (χ0v) is 17.2. The molecule has 0 bridgehead atoms. The van der Waals surface area contributed by atoms with Gasteiger partial charge in [-0.3, -0.25) is 24.4 Å². The van der Waals surface area contributed by atoms with Gasteiger partial charge in [-0.25, -0.2) is 0 Å². The number of hydrogen-bond donors (Lipinski definition) is 2. The van der Waals surface area contributed by atoms with E-state index in [0.717, 1.165) is 71.2 Å². The van der Waals surface area contributed by atoms with Crippen molar-refractivity contribution in [3.63, 3.8) is 0 Å². The molecular formula is C22H33N5O2. The largest absolute Gasteiger partial charge is 0.352 e. The minimum atomic E-state index is -0.0601. The molecule has 3 fully saturated rings. The Bertz CT molecular complexity index is 686. The molecule has 158 valence electrons. The molecule has 2 N–H and O–H groups in total. The molecule has 1 aromatic rings. The fourth-order valence-electron chi connectivity index (χ4n) is 4.56. The first-order chi connectivity index (χ1) is 14.2.